The average molecular weight is 221 g/mol. The molecule has 2 aliphatic heterocycles. The number of fused-ring (bicyclic) bond motifs is 2. The predicted molar refractivity (Wildman–Crippen MR) is 60.1 cm³/mol. The Bertz CT molecular complexity index is 374. The van der Waals surface area contributed by atoms with Crippen molar-refractivity contribution >= 4 is 0 Å². The monoisotopic (exact) mass is 221 g/mol. The molecule has 0 aliphatic carbocycles. The van der Waals surface area contributed by atoms with Crippen LogP contribution in [-0.2, 0) is 6.42 Å². The van der Waals surface area contributed by atoms with Crippen LogP contribution in [0.15, 0.2) is 4.52 Å². The number of aromatic nitrogens is 2. The second-order valence-corrected chi connectivity index (χ2v) is 5.54. The van der Waals surface area contributed by atoms with E-state index in [0.29, 0.717) is 23.9 Å². The quantitative estimate of drug-likeness (QED) is 0.846. The third-order valence-corrected chi connectivity index (χ3v) is 3.69. The van der Waals surface area contributed by atoms with Crippen molar-refractivity contribution in [3.8, 4) is 0 Å². The Morgan fingerprint density at radius 1 is 1.44 bits per heavy atom. The van der Waals surface area contributed by atoms with Crippen LogP contribution in [0.25, 0.3) is 0 Å². The van der Waals surface area contributed by atoms with Crippen molar-refractivity contribution in [1.29, 1.82) is 0 Å². The number of rotatable bonds is 3. The standard InChI is InChI=1S/C12H19N3O/c1-7(2)5-11-14-12(16-15-11)9-6-8-3-4-10(9)13-8/h7-10,13H,3-6H2,1-2H3/t8-,9-,10-/m1/s1. The topological polar surface area (TPSA) is 51.0 Å². The summed E-state index contributed by atoms with van der Waals surface area (Å²) in [6.45, 7) is 4.35. The van der Waals surface area contributed by atoms with Gasteiger partial charge in [-0.15, -0.1) is 0 Å². The second kappa shape index (κ2) is 3.84. The number of hydrogen-bond acceptors (Lipinski definition) is 4. The summed E-state index contributed by atoms with van der Waals surface area (Å²) in [4.78, 5) is 4.53. The average Bonchev–Trinajstić information content (AvgIpc) is 2.89. The summed E-state index contributed by atoms with van der Waals surface area (Å²) >= 11 is 0. The van der Waals surface area contributed by atoms with E-state index in [1.807, 2.05) is 0 Å². The molecule has 0 saturated carbocycles. The van der Waals surface area contributed by atoms with E-state index in [9.17, 15) is 0 Å². The lowest BCUT2D eigenvalue weighted by Gasteiger charge is -2.15. The van der Waals surface area contributed by atoms with Gasteiger partial charge < -0.3 is 9.84 Å². The van der Waals surface area contributed by atoms with Gasteiger partial charge in [-0.05, 0) is 25.2 Å². The molecule has 0 unspecified atom stereocenters. The molecule has 2 bridgehead atoms. The molecule has 2 fully saturated rings. The lowest BCUT2D eigenvalue weighted by Crippen LogP contribution is -2.21. The van der Waals surface area contributed by atoms with Crippen LogP contribution in [0.4, 0.5) is 0 Å². The fraction of sp³-hybridized carbons (Fsp3) is 0.833. The zero-order valence-corrected chi connectivity index (χ0v) is 9.94. The van der Waals surface area contributed by atoms with Gasteiger partial charge in [0.15, 0.2) is 5.82 Å². The molecule has 0 amide bonds. The molecular formula is C12H19N3O. The summed E-state index contributed by atoms with van der Waals surface area (Å²) in [6.07, 6.45) is 4.66. The van der Waals surface area contributed by atoms with Crippen LogP contribution in [0.3, 0.4) is 0 Å². The lowest BCUT2D eigenvalue weighted by molar-refractivity contribution is 0.326. The number of hydrogen-bond donors (Lipinski definition) is 1. The van der Waals surface area contributed by atoms with Crippen LogP contribution in [0.2, 0.25) is 0 Å². The van der Waals surface area contributed by atoms with E-state index in [-0.39, 0.29) is 0 Å². The second-order valence-electron chi connectivity index (χ2n) is 5.54. The van der Waals surface area contributed by atoms with Gasteiger partial charge in [0.2, 0.25) is 5.89 Å². The van der Waals surface area contributed by atoms with Crippen molar-refractivity contribution in [3.05, 3.63) is 11.7 Å². The van der Waals surface area contributed by atoms with Crippen LogP contribution >= 0.6 is 0 Å². The Balaban J connectivity index is 1.73. The summed E-state index contributed by atoms with van der Waals surface area (Å²) in [5, 5.41) is 7.67. The van der Waals surface area contributed by atoms with Crippen molar-refractivity contribution < 1.29 is 4.52 Å². The minimum atomic E-state index is 0.465. The number of nitrogens with zero attached hydrogens (tertiary/aromatic N) is 2. The van der Waals surface area contributed by atoms with E-state index in [0.717, 1.165) is 18.1 Å². The van der Waals surface area contributed by atoms with Crippen LogP contribution < -0.4 is 5.32 Å². The maximum atomic E-state index is 5.40. The van der Waals surface area contributed by atoms with Crippen molar-refractivity contribution in [3.63, 3.8) is 0 Å². The van der Waals surface area contributed by atoms with E-state index in [1.165, 1.54) is 19.3 Å². The predicted octanol–water partition coefficient (Wildman–Crippen LogP) is 1.88. The maximum Gasteiger partial charge on any atom is 0.231 e. The Morgan fingerprint density at radius 3 is 2.94 bits per heavy atom. The normalized spacial score (nSPS) is 32.8. The molecule has 1 aromatic heterocycles. The minimum Gasteiger partial charge on any atom is -0.339 e. The molecule has 3 rings (SSSR count). The lowest BCUT2D eigenvalue weighted by atomic mass is 9.89. The molecular weight excluding hydrogens is 202 g/mol. The molecule has 1 aromatic rings. The smallest absolute Gasteiger partial charge is 0.231 e. The van der Waals surface area contributed by atoms with Gasteiger partial charge in [0.25, 0.3) is 0 Å². The third kappa shape index (κ3) is 1.75. The van der Waals surface area contributed by atoms with E-state index in [1.54, 1.807) is 0 Å². The molecule has 16 heavy (non-hydrogen) atoms. The first-order chi connectivity index (χ1) is 7.72. The molecule has 4 heteroatoms. The summed E-state index contributed by atoms with van der Waals surface area (Å²) in [5.41, 5.74) is 0. The van der Waals surface area contributed by atoms with Gasteiger partial charge in [-0.2, -0.15) is 4.98 Å². The summed E-state index contributed by atoms with van der Waals surface area (Å²) in [7, 11) is 0. The minimum absolute atomic E-state index is 0.465. The molecule has 3 heterocycles. The summed E-state index contributed by atoms with van der Waals surface area (Å²) in [5.74, 6) is 2.78. The fourth-order valence-corrected chi connectivity index (χ4v) is 2.96. The van der Waals surface area contributed by atoms with Crippen LogP contribution in [0.1, 0.15) is 50.7 Å². The summed E-state index contributed by atoms with van der Waals surface area (Å²) in [6, 6.07) is 1.27. The highest BCUT2D eigenvalue weighted by molar-refractivity contribution is 5.10. The Hall–Kier alpha value is -0.900. The Labute approximate surface area is 95.8 Å². The summed E-state index contributed by atoms with van der Waals surface area (Å²) < 4.78 is 5.40. The zero-order chi connectivity index (χ0) is 11.1. The maximum absolute atomic E-state index is 5.40. The van der Waals surface area contributed by atoms with Crippen molar-refractivity contribution in [2.45, 2.75) is 57.5 Å². The molecule has 3 atom stereocenters. The molecule has 2 aliphatic rings. The van der Waals surface area contributed by atoms with Gasteiger partial charge in [0.05, 0.1) is 5.92 Å². The Morgan fingerprint density at radius 2 is 2.31 bits per heavy atom. The zero-order valence-electron chi connectivity index (χ0n) is 9.94. The molecule has 0 aromatic carbocycles. The van der Waals surface area contributed by atoms with E-state index in [4.69, 9.17) is 4.52 Å². The molecule has 88 valence electrons. The first kappa shape index (κ1) is 10.3. The first-order valence-electron chi connectivity index (χ1n) is 6.31. The fourth-order valence-electron chi connectivity index (χ4n) is 2.96. The molecule has 0 spiro atoms. The van der Waals surface area contributed by atoms with Gasteiger partial charge in [-0.3, -0.25) is 0 Å². The van der Waals surface area contributed by atoms with Crippen molar-refractivity contribution in [2.75, 3.05) is 0 Å². The Kier molecular flexibility index (Phi) is 2.46. The van der Waals surface area contributed by atoms with Crippen molar-refractivity contribution in [1.82, 2.24) is 15.5 Å². The van der Waals surface area contributed by atoms with Gasteiger partial charge in [0.1, 0.15) is 0 Å². The van der Waals surface area contributed by atoms with Crippen LogP contribution in [-0.4, -0.2) is 22.2 Å². The van der Waals surface area contributed by atoms with Crippen molar-refractivity contribution in [2.24, 2.45) is 5.92 Å². The van der Waals surface area contributed by atoms with E-state index < -0.39 is 0 Å². The number of nitrogens with one attached hydrogen (secondary N) is 1. The first-order valence-corrected chi connectivity index (χ1v) is 6.31. The molecule has 1 N–H and O–H groups in total. The van der Waals surface area contributed by atoms with Crippen LogP contribution in [0.5, 0.6) is 0 Å². The molecule has 0 radical (unpaired) electrons. The highest BCUT2D eigenvalue weighted by atomic mass is 16.5. The van der Waals surface area contributed by atoms with E-state index in [2.05, 4.69) is 29.3 Å². The highest BCUT2D eigenvalue weighted by Gasteiger charge is 2.42. The van der Waals surface area contributed by atoms with E-state index >= 15 is 0 Å². The van der Waals surface area contributed by atoms with Gasteiger partial charge >= 0.3 is 0 Å². The largest absolute Gasteiger partial charge is 0.339 e. The van der Waals surface area contributed by atoms with Gasteiger partial charge in [-0.1, -0.05) is 19.0 Å². The van der Waals surface area contributed by atoms with Gasteiger partial charge in [0, 0.05) is 18.5 Å². The van der Waals surface area contributed by atoms with Crippen LogP contribution in [0, 0.1) is 5.92 Å². The van der Waals surface area contributed by atoms with Gasteiger partial charge in [-0.25, -0.2) is 0 Å². The molecule has 2 saturated heterocycles. The molecule has 4 nitrogen and oxygen atoms in total. The highest BCUT2D eigenvalue weighted by Crippen LogP contribution is 2.39. The third-order valence-electron chi connectivity index (χ3n) is 3.69. The SMILES string of the molecule is CC(C)Cc1noc([C@@H]2C[C@H]3CC[C@H]2N3)n1.